The van der Waals surface area contributed by atoms with Crippen LogP contribution in [0.25, 0.3) is 16.8 Å². The first kappa shape index (κ1) is 18.2. The normalized spacial score (nSPS) is 10.8. The molecule has 10 nitrogen and oxygen atoms in total. The molecular formula is C19H17N7O3. The molecule has 0 bridgehead atoms. The number of amides is 1. The molecule has 0 radical (unpaired) electrons. The summed E-state index contributed by atoms with van der Waals surface area (Å²) in [6.07, 6.45) is 5.20. The van der Waals surface area contributed by atoms with Crippen molar-refractivity contribution in [3.8, 4) is 11.1 Å². The third-order valence-corrected chi connectivity index (χ3v) is 4.22. The first-order valence-electron chi connectivity index (χ1n) is 8.65. The van der Waals surface area contributed by atoms with Gasteiger partial charge >= 0.3 is 5.97 Å². The highest BCUT2D eigenvalue weighted by molar-refractivity contribution is 5.93. The van der Waals surface area contributed by atoms with Crippen molar-refractivity contribution < 1.29 is 14.3 Å². The third-order valence-electron chi connectivity index (χ3n) is 4.22. The predicted molar refractivity (Wildman–Crippen MR) is 105 cm³/mol. The molecule has 10 heteroatoms. The summed E-state index contributed by atoms with van der Waals surface area (Å²) in [7, 11) is 1.32. The second kappa shape index (κ2) is 7.43. The van der Waals surface area contributed by atoms with Gasteiger partial charge in [-0.2, -0.15) is 10.1 Å². The minimum Gasteiger partial charge on any atom is -0.465 e. The van der Waals surface area contributed by atoms with E-state index in [9.17, 15) is 9.59 Å². The summed E-state index contributed by atoms with van der Waals surface area (Å²) in [6.45, 7) is 0.0406. The van der Waals surface area contributed by atoms with Gasteiger partial charge in [-0.1, -0.05) is 0 Å². The van der Waals surface area contributed by atoms with E-state index in [1.54, 1.807) is 47.4 Å². The van der Waals surface area contributed by atoms with Crippen molar-refractivity contribution in [2.24, 2.45) is 0 Å². The quantitative estimate of drug-likeness (QED) is 0.494. The highest BCUT2D eigenvalue weighted by atomic mass is 16.5. The molecule has 3 aromatic heterocycles. The summed E-state index contributed by atoms with van der Waals surface area (Å²) < 4.78 is 7.77. The molecule has 1 amide bonds. The lowest BCUT2D eigenvalue weighted by atomic mass is 10.1. The van der Waals surface area contributed by atoms with E-state index in [1.165, 1.54) is 11.8 Å². The highest BCUT2D eigenvalue weighted by Gasteiger charge is 2.10. The maximum atomic E-state index is 12.3. The number of nitrogens with zero attached hydrogens (tertiary/aromatic N) is 5. The van der Waals surface area contributed by atoms with Crippen molar-refractivity contribution in [1.29, 1.82) is 0 Å². The molecule has 3 N–H and O–H groups in total. The second-order valence-corrected chi connectivity index (χ2v) is 6.23. The van der Waals surface area contributed by atoms with E-state index in [0.29, 0.717) is 16.9 Å². The van der Waals surface area contributed by atoms with Gasteiger partial charge in [0.05, 0.1) is 18.9 Å². The van der Waals surface area contributed by atoms with Gasteiger partial charge in [0.25, 0.3) is 0 Å². The molecule has 0 unspecified atom stereocenters. The van der Waals surface area contributed by atoms with Crippen molar-refractivity contribution in [2.45, 2.75) is 6.54 Å². The molecule has 0 aliphatic heterocycles. The average molecular weight is 391 g/mol. The summed E-state index contributed by atoms with van der Waals surface area (Å²) in [5.74, 6) is -0.473. The Bertz CT molecular complexity index is 1190. The monoisotopic (exact) mass is 391 g/mol. The van der Waals surface area contributed by atoms with Crippen LogP contribution in [0, 0.1) is 0 Å². The Hall–Kier alpha value is -4.21. The largest absolute Gasteiger partial charge is 0.465 e. The van der Waals surface area contributed by atoms with Crippen molar-refractivity contribution in [3.05, 3.63) is 60.6 Å². The first-order valence-corrected chi connectivity index (χ1v) is 8.65. The average Bonchev–Trinajstić information content (AvgIpc) is 3.32. The van der Waals surface area contributed by atoms with E-state index in [1.807, 2.05) is 12.1 Å². The lowest BCUT2D eigenvalue weighted by molar-refractivity contribution is -0.116. The Balaban J connectivity index is 1.42. The summed E-state index contributed by atoms with van der Waals surface area (Å²) in [4.78, 5) is 27.9. The molecule has 3 heterocycles. The van der Waals surface area contributed by atoms with Crippen molar-refractivity contribution in [2.75, 3.05) is 18.2 Å². The zero-order chi connectivity index (χ0) is 20.4. The number of pyridine rings is 1. The van der Waals surface area contributed by atoms with Crippen LogP contribution >= 0.6 is 0 Å². The number of ether oxygens (including phenoxy) is 1. The number of rotatable bonds is 5. The number of hydrogen-bond acceptors (Lipinski definition) is 7. The number of benzene rings is 1. The van der Waals surface area contributed by atoms with Gasteiger partial charge in [-0.3, -0.25) is 9.48 Å². The van der Waals surface area contributed by atoms with E-state index in [2.05, 4.69) is 25.2 Å². The number of methoxy groups -OCH3 is 1. The van der Waals surface area contributed by atoms with Crippen molar-refractivity contribution >= 4 is 29.2 Å². The molecule has 0 saturated heterocycles. The summed E-state index contributed by atoms with van der Waals surface area (Å²) in [5, 5.41) is 11.0. The van der Waals surface area contributed by atoms with Gasteiger partial charge in [0.15, 0.2) is 5.65 Å². The van der Waals surface area contributed by atoms with Gasteiger partial charge in [0, 0.05) is 23.6 Å². The Morgan fingerprint density at radius 1 is 1.17 bits per heavy atom. The molecule has 0 atom stereocenters. The number of nitrogens with one attached hydrogen (secondary N) is 1. The van der Waals surface area contributed by atoms with E-state index < -0.39 is 5.97 Å². The molecule has 0 spiro atoms. The molecule has 4 aromatic rings. The Morgan fingerprint density at radius 3 is 2.72 bits per heavy atom. The number of nitrogen functional groups attached to an aromatic ring is 1. The maximum absolute atomic E-state index is 12.3. The number of aromatic nitrogens is 5. The lowest BCUT2D eigenvalue weighted by Gasteiger charge is -2.06. The molecule has 29 heavy (non-hydrogen) atoms. The van der Waals surface area contributed by atoms with E-state index in [-0.39, 0.29) is 18.4 Å². The summed E-state index contributed by atoms with van der Waals surface area (Å²) in [5.41, 5.74) is 8.94. The zero-order valence-corrected chi connectivity index (χ0v) is 15.4. The Kier molecular flexibility index (Phi) is 4.65. The fourth-order valence-corrected chi connectivity index (χ4v) is 2.83. The van der Waals surface area contributed by atoms with Crippen LogP contribution in [0.3, 0.4) is 0 Å². The highest BCUT2D eigenvalue weighted by Crippen LogP contribution is 2.20. The number of carbonyl (C=O) groups excluding carboxylic acids is 2. The van der Waals surface area contributed by atoms with Crippen LogP contribution in [-0.2, 0) is 16.1 Å². The number of hydrogen-bond donors (Lipinski definition) is 2. The molecule has 4 rings (SSSR count). The van der Waals surface area contributed by atoms with Gasteiger partial charge in [-0.25, -0.2) is 9.31 Å². The van der Waals surface area contributed by atoms with E-state index in [4.69, 9.17) is 5.73 Å². The molecule has 0 saturated carbocycles. The molecule has 0 aliphatic rings. The molecular weight excluding hydrogens is 374 g/mol. The number of fused-ring (bicyclic) bond motifs is 1. The molecule has 0 fully saturated rings. The Labute approximate surface area is 164 Å². The van der Waals surface area contributed by atoms with Gasteiger partial charge in [0.1, 0.15) is 6.54 Å². The molecule has 1 aromatic carbocycles. The first-order chi connectivity index (χ1) is 14.0. The van der Waals surface area contributed by atoms with Crippen LogP contribution in [0.15, 0.2) is 55.0 Å². The number of nitrogens with two attached hydrogens (primary N) is 1. The van der Waals surface area contributed by atoms with Gasteiger partial charge in [0.2, 0.25) is 11.9 Å². The summed E-state index contributed by atoms with van der Waals surface area (Å²) in [6, 6.07) is 10.1. The number of carbonyl (C=O) groups is 2. The second-order valence-electron chi connectivity index (χ2n) is 6.23. The summed E-state index contributed by atoms with van der Waals surface area (Å²) >= 11 is 0. The van der Waals surface area contributed by atoms with Crippen LogP contribution in [0.1, 0.15) is 10.4 Å². The number of esters is 1. The smallest absolute Gasteiger partial charge is 0.337 e. The maximum Gasteiger partial charge on any atom is 0.337 e. The SMILES string of the molecule is COC(=O)c1ccc(NC(=O)Cn2cc(-c3ccn4nc(N)nc4c3)cn2)cc1. The predicted octanol–water partition coefficient (Wildman–Crippen LogP) is 1.60. The van der Waals surface area contributed by atoms with Crippen LogP contribution in [-0.4, -0.2) is 43.4 Å². The van der Waals surface area contributed by atoms with Crippen LogP contribution in [0.2, 0.25) is 0 Å². The fraction of sp³-hybridized carbons (Fsp3) is 0.105. The van der Waals surface area contributed by atoms with Gasteiger partial charge in [-0.15, -0.1) is 5.10 Å². The molecule has 146 valence electrons. The minimum absolute atomic E-state index is 0.0406. The van der Waals surface area contributed by atoms with Crippen LogP contribution in [0.5, 0.6) is 0 Å². The van der Waals surface area contributed by atoms with Crippen molar-refractivity contribution in [3.63, 3.8) is 0 Å². The van der Waals surface area contributed by atoms with Gasteiger partial charge in [-0.05, 0) is 42.0 Å². The lowest BCUT2D eigenvalue weighted by Crippen LogP contribution is -2.19. The topological polar surface area (TPSA) is 129 Å². The van der Waals surface area contributed by atoms with Crippen LogP contribution in [0.4, 0.5) is 11.6 Å². The standard InChI is InChI=1S/C19H17N7O3/c1-29-18(28)12-2-4-15(5-3-12)22-17(27)11-25-10-14(9-21-25)13-6-7-26-16(8-13)23-19(20)24-26/h2-10H,11H2,1H3,(H2,20,24)(H,22,27). The van der Waals surface area contributed by atoms with Gasteiger partial charge < -0.3 is 15.8 Å². The number of anilines is 2. The van der Waals surface area contributed by atoms with Crippen LogP contribution < -0.4 is 11.1 Å². The van der Waals surface area contributed by atoms with Crippen molar-refractivity contribution in [1.82, 2.24) is 24.4 Å². The third kappa shape index (κ3) is 3.90. The van der Waals surface area contributed by atoms with E-state index in [0.717, 1.165) is 11.1 Å². The minimum atomic E-state index is -0.432. The zero-order valence-electron chi connectivity index (χ0n) is 15.4. The fourth-order valence-electron chi connectivity index (χ4n) is 2.83. The van der Waals surface area contributed by atoms with E-state index >= 15 is 0 Å². The Morgan fingerprint density at radius 2 is 1.97 bits per heavy atom. The molecule has 0 aliphatic carbocycles.